The molecule has 1 saturated heterocycles. The van der Waals surface area contributed by atoms with Gasteiger partial charge in [-0.3, -0.25) is 4.79 Å². The lowest BCUT2D eigenvalue weighted by molar-refractivity contribution is 0.0981. The number of amides is 1. The van der Waals surface area contributed by atoms with E-state index in [0.29, 0.717) is 34.7 Å². The van der Waals surface area contributed by atoms with Crippen LogP contribution in [0, 0.1) is 5.92 Å². The number of hydrogen-bond donors (Lipinski definition) is 2. The average Bonchev–Trinajstić information content (AvgIpc) is 3.11. The molecule has 0 aliphatic carbocycles. The highest BCUT2D eigenvalue weighted by Crippen LogP contribution is 2.40. The van der Waals surface area contributed by atoms with Gasteiger partial charge in [-0.25, -0.2) is 14.7 Å². The lowest BCUT2D eigenvalue weighted by Crippen LogP contribution is -2.43. The monoisotopic (exact) mass is 557 g/mol. The summed E-state index contributed by atoms with van der Waals surface area (Å²) in [5.74, 6) is 0.472. The maximum atomic E-state index is 13.4. The number of anilines is 2. The molecule has 3 aromatic rings. The van der Waals surface area contributed by atoms with Crippen molar-refractivity contribution in [2.75, 3.05) is 17.2 Å². The Balaban J connectivity index is 1.78. The molecule has 3 heterocycles. The number of nitrogens with two attached hydrogens (primary N) is 1. The normalized spacial score (nSPS) is 17.0. The Hall–Kier alpha value is -3.37. The standard InChI is InChI=1S/C27H32ClN5O4S/c1-16(2)37-22-15-18(9-11-20(22)28)21-12-10-19(25(30-21)33-14-13-17(3)27(33,4)5)26(34)32-38(35,36)24-8-6-7-23(29)31-24/h6-12,15-17H,13-14H2,1-5H3,(H2,29,31)(H,32,34). The maximum absolute atomic E-state index is 13.4. The van der Waals surface area contributed by atoms with E-state index in [2.05, 4.69) is 35.4 Å². The van der Waals surface area contributed by atoms with Gasteiger partial charge in [0.05, 0.1) is 22.4 Å². The highest BCUT2D eigenvalue weighted by Gasteiger charge is 2.41. The summed E-state index contributed by atoms with van der Waals surface area (Å²) in [6.07, 6.45) is 0.833. The van der Waals surface area contributed by atoms with Gasteiger partial charge in [0.2, 0.25) is 0 Å². The summed E-state index contributed by atoms with van der Waals surface area (Å²) < 4.78 is 33.8. The van der Waals surface area contributed by atoms with Crippen molar-refractivity contribution in [1.29, 1.82) is 0 Å². The largest absolute Gasteiger partial charge is 0.489 e. The molecule has 4 rings (SSSR count). The van der Waals surface area contributed by atoms with Crippen molar-refractivity contribution in [3.8, 4) is 17.0 Å². The molecule has 0 bridgehead atoms. The van der Waals surface area contributed by atoms with E-state index < -0.39 is 15.9 Å². The fourth-order valence-corrected chi connectivity index (χ4v) is 5.52. The SMILES string of the molecule is CC(C)Oc1cc(-c2ccc(C(=O)NS(=O)(=O)c3cccc(N)n3)c(N3CCC(C)C3(C)C)n2)ccc1Cl. The number of hydrogen-bond acceptors (Lipinski definition) is 8. The number of nitrogen functional groups attached to an aromatic ring is 1. The highest BCUT2D eigenvalue weighted by atomic mass is 35.5. The van der Waals surface area contributed by atoms with Crippen LogP contribution in [0.3, 0.4) is 0 Å². The van der Waals surface area contributed by atoms with Crippen LogP contribution in [0.25, 0.3) is 11.3 Å². The number of nitrogens with one attached hydrogen (secondary N) is 1. The third-order valence-electron chi connectivity index (χ3n) is 6.90. The second-order valence-electron chi connectivity index (χ2n) is 10.2. The predicted molar refractivity (Wildman–Crippen MR) is 149 cm³/mol. The maximum Gasteiger partial charge on any atom is 0.281 e. The lowest BCUT2D eigenvalue weighted by atomic mass is 9.90. The smallest absolute Gasteiger partial charge is 0.281 e. The van der Waals surface area contributed by atoms with Crippen molar-refractivity contribution in [3.05, 3.63) is 59.1 Å². The molecule has 202 valence electrons. The molecule has 11 heteroatoms. The first-order chi connectivity index (χ1) is 17.8. The molecular weight excluding hydrogens is 526 g/mol. The molecule has 1 atom stereocenters. The molecule has 1 fully saturated rings. The molecule has 1 amide bonds. The number of sulfonamides is 1. The molecule has 0 radical (unpaired) electrons. The van der Waals surface area contributed by atoms with Gasteiger partial charge in [0.15, 0.2) is 5.03 Å². The Morgan fingerprint density at radius 1 is 1.18 bits per heavy atom. The number of nitrogens with zero attached hydrogens (tertiary/aromatic N) is 3. The molecule has 1 aromatic carbocycles. The van der Waals surface area contributed by atoms with E-state index in [-0.39, 0.29) is 28.1 Å². The summed E-state index contributed by atoms with van der Waals surface area (Å²) in [5, 5.41) is 0.138. The first-order valence-electron chi connectivity index (χ1n) is 12.3. The van der Waals surface area contributed by atoms with Crippen LogP contribution >= 0.6 is 11.6 Å². The zero-order chi connectivity index (χ0) is 27.8. The minimum Gasteiger partial charge on any atom is -0.489 e. The number of ether oxygens (including phenoxy) is 1. The number of rotatable bonds is 7. The summed E-state index contributed by atoms with van der Waals surface area (Å²) >= 11 is 6.33. The second kappa shape index (κ2) is 10.4. The number of carbonyl (C=O) groups is 1. The Bertz CT molecular complexity index is 1480. The second-order valence-corrected chi connectivity index (χ2v) is 12.2. The van der Waals surface area contributed by atoms with E-state index in [9.17, 15) is 13.2 Å². The number of aromatic nitrogens is 2. The minimum atomic E-state index is -4.26. The Kier molecular flexibility index (Phi) is 7.58. The van der Waals surface area contributed by atoms with E-state index in [1.807, 2.05) is 26.0 Å². The van der Waals surface area contributed by atoms with Crippen molar-refractivity contribution in [2.24, 2.45) is 5.92 Å². The van der Waals surface area contributed by atoms with Gasteiger partial charge in [-0.2, -0.15) is 8.42 Å². The van der Waals surface area contributed by atoms with Gasteiger partial charge < -0.3 is 15.4 Å². The average molecular weight is 558 g/mol. The molecular formula is C27H32ClN5O4S. The third kappa shape index (κ3) is 5.56. The number of benzene rings is 1. The lowest BCUT2D eigenvalue weighted by Gasteiger charge is -2.36. The van der Waals surface area contributed by atoms with Crippen LogP contribution in [0.15, 0.2) is 53.6 Å². The van der Waals surface area contributed by atoms with Gasteiger partial charge in [0, 0.05) is 17.6 Å². The molecule has 38 heavy (non-hydrogen) atoms. The predicted octanol–water partition coefficient (Wildman–Crippen LogP) is 4.91. The van der Waals surface area contributed by atoms with Crippen molar-refractivity contribution in [1.82, 2.24) is 14.7 Å². The molecule has 1 aliphatic heterocycles. The fourth-order valence-electron chi connectivity index (χ4n) is 4.42. The van der Waals surface area contributed by atoms with E-state index in [1.165, 1.54) is 18.2 Å². The van der Waals surface area contributed by atoms with E-state index >= 15 is 0 Å². The van der Waals surface area contributed by atoms with Crippen LogP contribution in [0.4, 0.5) is 11.6 Å². The van der Waals surface area contributed by atoms with Crippen LogP contribution in [0.2, 0.25) is 5.02 Å². The summed E-state index contributed by atoms with van der Waals surface area (Å²) in [6, 6.07) is 12.8. The molecule has 0 saturated carbocycles. The highest BCUT2D eigenvalue weighted by molar-refractivity contribution is 7.90. The van der Waals surface area contributed by atoms with Gasteiger partial charge in [-0.15, -0.1) is 0 Å². The molecule has 2 aromatic heterocycles. The van der Waals surface area contributed by atoms with E-state index in [0.717, 1.165) is 12.0 Å². The molecule has 1 aliphatic rings. The summed E-state index contributed by atoms with van der Waals surface area (Å²) in [7, 11) is -4.26. The minimum absolute atomic E-state index is 0.0311. The number of pyridine rings is 2. The molecule has 0 spiro atoms. The summed E-state index contributed by atoms with van der Waals surface area (Å²) in [6.45, 7) is 10.8. The first kappa shape index (κ1) is 27.7. The summed E-state index contributed by atoms with van der Waals surface area (Å²) in [5.41, 5.74) is 6.80. The quantitative estimate of drug-likeness (QED) is 0.419. The topological polar surface area (TPSA) is 128 Å². The zero-order valence-electron chi connectivity index (χ0n) is 22.0. The van der Waals surface area contributed by atoms with Gasteiger partial charge in [0.1, 0.15) is 17.4 Å². The van der Waals surface area contributed by atoms with Crippen molar-refractivity contribution >= 4 is 39.2 Å². The zero-order valence-corrected chi connectivity index (χ0v) is 23.6. The van der Waals surface area contributed by atoms with Crippen LogP contribution in [0.1, 0.15) is 51.4 Å². The number of halogens is 1. The van der Waals surface area contributed by atoms with Gasteiger partial charge in [-0.05, 0) is 76.4 Å². The Labute approximate surface area is 228 Å². The van der Waals surface area contributed by atoms with Gasteiger partial charge in [0.25, 0.3) is 15.9 Å². The third-order valence-corrected chi connectivity index (χ3v) is 8.44. The van der Waals surface area contributed by atoms with Gasteiger partial charge >= 0.3 is 0 Å². The van der Waals surface area contributed by atoms with Crippen molar-refractivity contribution < 1.29 is 17.9 Å². The van der Waals surface area contributed by atoms with Crippen molar-refractivity contribution in [2.45, 2.75) is 57.7 Å². The van der Waals surface area contributed by atoms with Crippen LogP contribution in [-0.4, -0.2) is 42.5 Å². The number of carbonyl (C=O) groups excluding carboxylic acids is 1. The van der Waals surface area contributed by atoms with Crippen LogP contribution in [0.5, 0.6) is 5.75 Å². The molecule has 9 nitrogen and oxygen atoms in total. The Morgan fingerprint density at radius 3 is 2.55 bits per heavy atom. The van der Waals surface area contributed by atoms with Crippen LogP contribution in [-0.2, 0) is 10.0 Å². The first-order valence-corrected chi connectivity index (χ1v) is 14.2. The van der Waals surface area contributed by atoms with E-state index in [4.69, 9.17) is 27.1 Å². The fraction of sp³-hybridized carbons (Fsp3) is 0.370. The van der Waals surface area contributed by atoms with Crippen molar-refractivity contribution in [3.63, 3.8) is 0 Å². The summed E-state index contributed by atoms with van der Waals surface area (Å²) in [4.78, 5) is 24.2. The molecule has 3 N–H and O–H groups in total. The van der Waals surface area contributed by atoms with Gasteiger partial charge in [-0.1, -0.05) is 30.7 Å². The van der Waals surface area contributed by atoms with E-state index in [1.54, 1.807) is 18.2 Å². The Morgan fingerprint density at radius 2 is 1.92 bits per heavy atom. The molecule has 1 unspecified atom stereocenters. The van der Waals surface area contributed by atoms with Crippen LogP contribution < -0.4 is 20.1 Å².